The maximum Gasteiger partial charge on any atom is 0.387 e. The summed E-state index contributed by atoms with van der Waals surface area (Å²) in [5.41, 5.74) is 6.63. The van der Waals surface area contributed by atoms with E-state index in [1.807, 2.05) is 13.8 Å². The second-order valence-electron chi connectivity index (χ2n) is 4.83. The van der Waals surface area contributed by atoms with Crippen molar-refractivity contribution in [3.8, 4) is 5.75 Å². The number of carbonyl (C=O) groups excluding carboxylic acids is 1. The second-order valence-corrected chi connectivity index (χ2v) is 4.83. The Bertz CT molecular complexity index is 422. The molecule has 1 amide bonds. The summed E-state index contributed by atoms with van der Waals surface area (Å²) in [5, 5.41) is 2.74. The van der Waals surface area contributed by atoms with Gasteiger partial charge in [-0.15, -0.1) is 0 Å². The van der Waals surface area contributed by atoms with Crippen molar-refractivity contribution in [1.82, 2.24) is 5.32 Å². The minimum atomic E-state index is -2.82. The Morgan fingerprint density at radius 3 is 2.40 bits per heavy atom. The average molecular weight is 286 g/mol. The van der Waals surface area contributed by atoms with Gasteiger partial charge in [-0.1, -0.05) is 26.0 Å². The first-order valence-corrected chi connectivity index (χ1v) is 6.47. The fourth-order valence-electron chi connectivity index (χ4n) is 1.59. The van der Waals surface area contributed by atoms with Gasteiger partial charge >= 0.3 is 6.61 Å². The van der Waals surface area contributed by atoms with Crippen LogP contribution in [0.2, 0.25) is 0 Å². The second kappa shape index (κ2) is 7.79. The molecule has 3 N–H and O–H groups in total. The smallest absolute Gasteiger partial charge is 0.387 e. The lowest BCUT2D eigenvalue weighted by atomic mass is 10.0. The van der Waals surface area contributed by atoms with Crippen molar-refractivity contribution in [2.75, 3.05) is 6.54 Å². The number of carbonyl (C=O) groups is 1. The third kappa shape index (κ3) is 5.52. The molecule has 1 unspecified atom stereocenters. The molecule has 0 aliphatic carbocycles. The zero-order valence-electron chi connectivity index (χ0n) is 11.6. The molecule has 20 heavy (non-hydrogen) atoms. The van der Waals surface area contributed by atoms with E-state index in [4.69, 9.17) is 5.73 Å². The fourth-order valence-corrected chi connectivity index (χ4v) is 1.59. The SMILES string of the molecule is CC(C)C(N)C(=O)NCCc1ccc(OC(F)F)cc1. The summed E-state index contributed by atoms with van der Waals surface area (Å²) in [6.45, 7) is 1.39. The van der Waals surface area contributed by atoms with Crippen LogP contribution in [0.5, 0.6) is 5.75 Å². The lowest BCUT2D eigenvalue weighted by molar-refractivity contribution is -0.123. The Hall–Kier alpha value is -1.69. The molecular formula is C14H20F2N2O2. The normalized spacial score (nSPS) is 12.6. The van der Waals surface area contributed by atoms with Crippen LogP contribution < -0.4 is 15.8 Å². The van der Waals surface area contributed by atoms with Gasteiger partial charge in [0.2, 0.25) is 5.91 Å². The molecule has 0 fully saturated rings. The van der Waals surface area contributed by atoms with E-state index in [1.165, 1.54) is 12.1 Å². The molecule has 1 aromatic rings. The Morgan fingerprint density at radius 1 is 1.30 bits per heavy atom. The van der Waals surface area contributed by atoms with Crippen molar-refractivity contribution in [1.29, 1.82) is 0 Å². The number of nitrogens with one attached hydrogen (secondary N) is 1. The first-order chi connectivity index (χ1) is 9.40. The summed E-state index contributed by atoms with van der Waals surface area (Å²) in [6.07, 6.45) is 0.603. The van der Waals surface area contributed by atoms with Crippen LogP contribution in [0.15, 0.2) is 24.3 Å². The molecule has 0 saturated heterocycles. The monoisotopic (exact) mass is 286 g/mol. The summed E-state index contributed by atoms with van der Waals surface area (Å²) < 4.78 is 28.2. The van der Waals surface area contributed by atoms with Gasteiger partial charge in [0.05, 0.1) is 6.04 Å². The number of ether oxygens (including phenoxy) is 1. The molecule has 0 bridgehead atoms. The third-order valence-corrected chi connectivity index (χ3v) is 2.88. The molecule has 0 spiro atoms. The van der Waals surface area contributed by atoms with Gasteiger partial charge < -0.3 is 15.8 Å². The maximum absolute atomic E-state index is 12.0. The predicted molar refractivity (Wildman–Crippen MR) is 72.6 cm³/mol. The van der Waals surface area contributed by atoms with Gasteiger partial charge in [-0.3, -0.25) is 4.79 Å². The molecule has 0 aliphatic rings. The summed E-state index contributed by atoms with van der Waals surface area (Å²) in [5.74, 6) is 0.0213. The van der Waals surface area contributed by atoms with Crippen LogP contribution in [0.3, 0.4) is 0 Å². The molecule has 112 valence electrons. The Kier molecular flexibility index (Phi) is 6.38. The number of hydrogen-bond donors (Lipinski definition) is 2. The Morgan fingerprint density at radius 2 is 1.90 bits per heavy atom. The highest BCUT2D eigenvalue weighted by Gasteiger charge is 2.16. The first-order valence-electron chi connectivity index (χ1n) is 6.47. The molecular weight excluding hydrogens is 266 g/mol. The minimum Gasteiger partial charge on any atom is -0.435 e. The van der Waals surface area contributed by atoms with Crippen molar-refractivity contribution >= 4 is 5.91 Å². The minimum absolute atomic E-state index is 0.0841. The number of rotatable bonds is 7. The molecule has 1 rings (SSSR count). The van der Waals surface area contributed by atoms with Gasteiger partial charge in [0.15, 0.2) is 0 Å². The van der Waals surface area contributed by atoms with E-state index in [2.05, 4.69) is 10.1 Å². The number of nitrogens with two attached hydrogens (primary N) is 1. The summed E-state index contributed by atoms with van der Waals surface area (Å²) >= 11 is 0. The van der Waals surface area contributed by atoms with E-state index in [0.717, 1.165) is 5.56 Å². The van der Waals surface area contributed by atoms with Crippen LogP contribution in [-0.4, -0.2) is 25.1 Å². The molecule has 0 aliphatic heterocycles. The van der Waals surface area contributed by atoms with E-state index < -0.39 is 12.7 Å². The number of amides is 1. The lowest BCUT2D eigenvalue weighted by Gasteiger charge is -2.15. The Labute approximate surface area is 117 Å². The third-order valence-electron chi connectivity index (χ3n) is 2.88. The van der Waals surface area contributed by atoms with Crippen LogP contribution in [-0.2, 0) is 11.2 Å². The fraction of sp³-hybridized carbons (Fsp3) is 0.500. The summed E-state index contributed by atoms with van der Waals surface area (Å²) in [6, 6.07) is 5.81. The van der Waals surface area contributed by atoms with Crippen molar-refractivity contribution in [2.45, 2.75) is 32.9 Å². The van der Waals surface area contributed by atoms with E-state index in [-0.39, 0.29) is 17.6 Å². The highest BCUT2D eigenvalue weighted by molar-refractivity contribution is 5.81. The van der Waals surface area contributed by atoms with Crippen LogP contribution in [0.1, 0.15) is 19.4 Å². The molecule has 1 aromatic carbocycles. The molecule has 6 heteroatoms. The van der Waals surface area contributed by atoms with Gasteiger partial charge in [0.25, 0.3) is 0 Å². The predicted octanol–water partition coefficient (Wildman–Crippen LogP) is 1.93. The Balaban J connectivity index is 2.37. The summed E-state index contributed by atoms with van der Waals surface area (Å²) in [4.78, 5) is 11.6. The van der Waals surface area contributed by atoms with Crippen LogP contribution in [0, 0.1) is 5.92 Å². The van der Waals surface area contributed by atoms with Crippen molar-refractivity contribution in [3.63, 3.8) is 0 Å². The van der Waals surface area contributed by atoms with E-state index in [0.29, 0.717) is 13.0 Å². The zero-order valence-corrected chi connectivity index (χ0v) is 11.6. The van der Waals surface area contributed by atoms with E-state index in [9.17, 15) is 13.6 Å². The average Bonchev–Trinajstić information content (AvgIpc) is 2.39. The first kappa shape index (κ1) is 16.4. The van der Waals surface area contributed by atoms with Crippen molar-refractivity contribution in [2.24, 2.45) is 11.7 Å². The maximum atomic E-state index is 12.0. The van der Waals surface area contributed by atoms with Crippen LogP contribution >= 0.6 is 0 Å². The van der Waals surface area contributed by atoms with E-state index in [1.54, 1.807) is 12.1 Å². The quantitative estimate of drug-likeness (QED) is 0.805. The van der Waals surface area contributed by atoms with Crippen molar-refractivity contribution in [3.05, 3.63) is 29.8 Å². The van der Waals surface area contributed by atoms with Crippen molar-refractivity contribution < 1.29 is 18.3 Å². The molecule has 4 nitrogen and oxygen atoms in total. The largest absolute Gasteiger partial charge is 0.435 e. The highest BCUT2D eigenvalue weighted by Crippen LogP contribution is 2.14. The van der Waals surface area contributed by atoms with Gasteiger partial charge in [0.1, 0.15) is 5.75 Å². The number of alkyl halides is 2. The lowest BCUT2D eigenvalue weighted by Crippen LogP contribution is -2.44. The standard InChI is InChI=1S/C14H20F2N2O2/c1-9(2)12(17)13(19)18-8-7-10-3-5-11(6-4-10)20-14(15)16/h3-6,9,12,14H,7-8,17H2,1-2H3,(H,18,19). The number of benzene rings is 1. The zero-order chi connectivity index (χ0) is 15.1. The van der Waals surface area contributed by atoms with Gasteiger partial charge in [-0.05, 0) is 30.0 Å². The highest BCUT2D eigenvalue weighted by atomic mass is 19.3. The van der Waals surface area contributed by atoms with Crippen LogP contribution in [0.25, 0.3) is 0 Å². The number of hydrogen-bond acceptors (Lipinski definition) is 3. The van der Waals surface area contributed by atoms with Gasteiger partial charge in [-0.2, -0.15) is 8.78 Å². The summed E-state index contributed by atoms with van der Waals surface area (Å²) in [7, 11) is 0. The number of halogens is 2. The van der Waals surface area contributed by atoms with Crippen LogP contribution in [0.4, 0.5) is 8.78 Å². The molecule has 0 saturated carbocycles. The molecule has 0 heterocycles. The van der Waals surface area contributed by atoms with Gasteiger partial charge in [-0.25, -0.2) is 0 Å². The molecule has 0 radical (unpaired) electrons. The molecule has 1 atom stereocenters. The van der Waals surface area contributed by atoms with Gasteiger partial charge in [0, 0.05) is 6.54 Å². The van der Waals surface area contributed by atoms with E-state index >= 15 is 0 Å². The topological polar surface area (TPSA) is 64.4 Å². The molecule has 0 aromatic heterocycles.